The van der Waals surface area contributed by atoms with Gasteiger partial charge < -0.3 is 15.0 Å². The zero-order valence-electron chi connectivity index (χ0n) is 16.7. The zero-order chi connectivity index (χ0) is 20.7. The number of hydrogen-bond donors (Lipinski definition) is 1. The SMILES string of the molecule is CC(=O)N1CCc2cc(S(=O)(=O)N3CC[C@@H](NC(=O)OC(C)(C)C)C3)ccc21. The third kappa shape index (κ3) is 4.30. The minimum absolute atomic E-state index is 0.0510. The van der Waals surface area contributed by atoms with Crippen LogP contribution in [0.2, 0.25) is 0 Å². The standard InChI is InChI=1S/C19H27N3O5S/c1-13(23)22-10-7-14-11-16(5-6-17(14)22)28(25,26)21-9-8-15(12-21)20-18(24)27-19(2,3)4/h5-6,11,15H,7-10,12H2,1-4H3,(H,20,24)/t15-/m1/s1. The summed E-state index contributed by atoms with van der Waals surface area (Å²) in [7, 11) is -3.66. The number of fused-ring (bicyclic) bond motifs is 1. The molecule has 0 aliphatic carbocycles. The maximum Gasteiger partial charge on any atom is 0.407 e. The molecule has 1 aromatic rings. The molecule has 0 aromatic heterocycles. The smallest absolute Gasteiger partial charge is 0.407 e. The highest BCUT2D eigenvalue weighted by atomic mass is 32.2. The highest BCUT2D eigenvalue weighted by Crippen LogP contribution is 2.32. The number of hydrogen-bond acceptors (Lipinski definition) is 5. The number of benzene rings is 1. The van der Waals surface area contributed by atoms with Gasteiger partial charge in [0.1, 0.15) is 5.60 Å². The van der Waals surface area contributed by atoms with E-state index in [-0.39, 0.29) is 23.4 Å². The Morgan fingerprint density at radius 2 is 1.93 bits per heavy atom. The largest absolute Gasteiger partial charge is 0.444 e. The molecule has 2 heterocycles. The van der Waals surface area contributed by atoms with Crippen LogP contribution in [0.1, 0.15) is 39.7 Å². The molecule has 1 N–H and O–H groups in total. The van der Waals surface area contributed by atoms with Crippen LogP contribution in [-0.4, -0.2) is 56.0 Å². The van der Waals surface area contributed by atoms with Gasteiger partial charge in [0.25, 0.3) is 0 Å². The number of alkyl carbamates (subject to hydrolysis) is 1. The van der Waals surface area contributed by atoms with Crippen molar-refractivity contribution >= 4 is 27.7 Å². The molecule has 28 heavy (non-hydrogen) atoms. The van der Waals surface area contributed by atoms with Gasteiger partial charge in [0.2, 0.25) is 15.9 Å². The van der Waals surface area contributed by atoms with E-state index in [0.29, 0.717) is 25.9 Å². The lowest BCUT2D eigenvalue weighted by atomic mass is 10.2. The lowest BCUT2D eigenvalue weighted by molar-refractivity contribution is -0.116. The van der Waals surface area contributed by atoms with Gasteiger partial charge in [-0.1, -0.05) is 0 Å². The van der Waals surface area contributed by atoms with Gasteiger partial charge in [0, 0.05) is 38.3 Å². The summed E-state index contributed by atoms with van der Waals surface area (Å²) in [6, 6.07) is 4.61. The van der Waals surface area contributed by atoms with E-state index in [2.05, 4.69) is 5.32 Å². The fraction of sp³-hybridized carbons (Fsp3) is 0.579. The Balaban J connectivity index is 1.69. The number of nitrogens with zero attached hydrogens (tertiary/aromatic N) is 2. The Kier molecular flexibility index (Phi) is 5.42. The van der Waals surface area contributed by atoms with Crippen molar-refractivity contribution in [2.24, 2.45) is 0 Å². The van der Waals surface area contributed by atoms with Gasteiger partial charge in [0.15, 0.2) is 0 Å². The molecule has 0 spiro atoms. The summed E-state index contributed by atoms with van der Waals surface area (Å²) in [5, 5.41) is 2.74. The van der Waals surface area contributed by atoms with E-state index < -0.39 is 21.7 Å². The summed E-state index contributed by atoms with van der Waals surface area (Å²) in [5.41, 5.74) is 1.03. The molecule has 2 aliphatic heterocycles. The summed E-state index contributed by atoms with van der Waals surface area (Å²) in [6.07, 6.45) is 0.626. The van der Waals surface area contributed by atoms with Gasteiger partial charge in [-0.15, -0.1) is 0 Å². The highest BCUT2D eigenvalue weighted by molar-refractivity contribution is 7.89. The summed E-state index contributed by atoms with van der Waals surface area (Å²) >= 11 is 0. The lowest BCUT2D eigenvalue weighted by Gasteiger charge is -2.22. The average Bonchev–Trinajstić information content (AvgIpc) is 3.19. The Morgan fingerprint density at radius 1 is 1.21 bits per heavy atom. The lowest BCUT2D eigenvalue weighted by Crippen LogP contribution is -2.41. The minimum Gasteiger partial charge on any atom is -0.444 e. The van der Waals surface area contributed by atoms with Gasteiger partial charge in [-0.05, 0) is 57.4 Å². The number of rotatable bonds is 3. The van der Waals surface area contributed by atoms with E-state index in [9.17, 15) is 18.0 Å². The van der Waals surface area contributed by atoms with Gasteiger partial charge in [0.05, 0.1) is 4.90 Å². The van der Waals surface area contributed by atoms with Crippen LogP contribution in [0.3, 0.4) is 0 Å². The fourth-order valence-corrected chi connectivity index (χ4v) is 5.10. The van der Waals surface area contributed by atoms with Crippen LogP contribution in [0.25, 0.3) is 0 Å². The Morgan fingerprint density at radius 3 is 2.57 bits per heavy atom. The number of nitrogens with one attached hydrogen (secondary N) is 1. The van der Waals surface area contributed by atoms with E-state index in [1.54, 1.807) is 43.9 Å². The summed E-state index contributed by atoms with van der Waals surface area (Å²) in [5.74, 6) is -0.0510. The first-order valence-corrected chi connectivity index (χ1v) is 10.8. The molecule has 2 amide bonds. The molecule has 1 fully saturated rings. The summed E-state index contributed by atoms with van der Waals surface area (Å²) in [4.78, 5) is 25.5. The summed E-state index contributed by atoms with van der Waals surface area (Å²) in [6.45, 7) is 7.94. The van der Waals surface area contributed by atoms with Crippen LogP contribution in [-0.2, 0) is 26.0 Å². The van der Waals surface area contributed by atoms with Crippen molar-refractivity contribution in [3.63, 3.8) is 0 Å². The monoisotopic (exact) mass is 409 g/mol. The molecule has 1 atom stereocenters. The van der Waals surface area contributed by atoms with Crippen molar-refractivity contribution in [3.8, 4) is 0 Å². The number of carbonyl (C=O) groups excluding carboxylic acids is 2. The van der Waals surface area contributed by atoms with E-state index in [4.69, 9.17) is 4.74 Å². The predicted octanol–water partition coefficient (Wildman–Crippen LogP) is 1.88. The van der Waals surface area contributed by atoms with Crippen molar-refractivity contribution in [3.05, 3.63) is 23.8 Å². The van der Waals surface area contributed by atoms with Gasteiger partial charge in [-0.25, -0.2) is 13.2 Å². The quantitative estimate of drug-likeness (QED) is 0.822. The van der Waals surface area contributed by atoms with Crippen LogP contribution in [0.4, 0.5) is 10.5 Å². The molecular formula is C19H27N3O5S. The van der Waals surface area contributed by atoms with Crippen molar-refractivity contribution in [1.29, 1.82) is 0 Å². The molecule has 0 unspecified atom stereocenters. The molecule has 1 saturated heterocycles. The second-order valence-electron chi connectivity index (χ2n) is 8.21. The fourth-order valence-electron chi connectivity index (χ4n) is 3.55. The maximum atomic E-state index is 13.0. The molecule has 0 radical (unpaired) electrons. The third-order valence-corrected chi connectivity index (χ3v) is 6.70. The number of anilines is 1. The topological polar surface area (TPSA) is 96.0 Å². The van der Waals surface area contributed by atoms with Crippen LogP contribution in [0, 0.1) is 0 Å². The maximum absolute atomic E-state index is 13.0. The van der Waals surface area contributed by atoms with Gasteiger partial charge in [-0.3, -0.25) is 4.79 Å². The highest BCUT2D eigenvalue weighted by Gasteiger charge is 2.35. The zero-order valence-corrected chi connectivity index (χ0v) is 17.5. The molecule has 154 valence electrons. The van der Waals surface area contributed by atoms with Crippen LogP contribution in [0.5, 0.6) is 0 Å². The second-order valence-corrected chi connectivity index (χ2v) is 10.1. The van der Waals surface area contributed by atoms with E-state index in [1.807, 2.05) is 0 Å². The second kappa shape index (κ2) is 7.36. The number of carbonyl (C=O) groups is 2. The van der Waals surface area contributed by atoms with Gasteiger partial charge >= 0.3 is 6.09 Å². The predicted molar refractivity (Wildman–Crippen MR) is 105 cm³/mol. The molecule has 1 aromatic carbocycles. The van der Waals surface area contributed by atoms with E-state index in [0.717, 1.165) is 11.3 Å². The third-order valence-electron chi connectivity index (χ3n) is 4.84. The minimum atomic E-state index is -3.66. The summed E-state index contributed by atoms with van der Waals surface area (Å²) < 4.78 is 32.6. The molecule has 0 saturated carbocycles. The first kappa shape index (κ1) is 20.6. The molecule has 8 nitrogen and oxygen atoms in total. The molecule has 3 rings (SSSR count). The van der Waals surface area contributed by atoms with Crippen molar-refractivity contribution in [2.45, 2.75) is 57.1 Å². The Hall–Kier alpha value is -2.13. The average molecular weight is 410 g/mol. The van der Waals surface area contributed by atoms with E-state index in [1.165, 1.54) is 11.2 Å². The molecule has 9 heteroatoms. The molecule has 0 bridgehead atoms. The number of sulfonamides is 1. The van der Waals surface area contributed by atoms with Crippen LogP contribution in [0.15, 0.2) is 23.1 Å². The molecular weight excluding hydrogens is 382 g/mol. The normalized spacial score (nSPS) is 20.1. The van der Waals surface area contributed by atoms with Crippen molar-refractivity contribution in [1.82, 2.24) is 9.62 Å². The molecule has 2 aliphatic rings. The Labute approximate surface area is 165 Å². The van der Waals surface area contributed by atoms with Crippen molar-refractivity contribution in [2.75, 3.05) is 24.5 Å². The van der Waals surface area contributed by atoms with Crippen LogP contribution >= 0.6 is 0 Å². The van der Waals surface area contributed by atoms with Crippen molar-refractivity contribution < 1.29 is 22.7 Å². The number of ether oxygens (including phenoxy) is 1. The number of amides is 2. The first-order chi connectivity index (χ1) is 13.0. The Bertz CT molecular complexity index is 891. The van der Waals surface area contributed by atoms with E-state index >= 15 is 0 Å². The van der Waals surface area contributed by atoms with Crippen LogP contribution < -0.4 is 10.2 Å². The van der Waals surface area contributed by atoms with Gasteiger partial charge in [-0.2, -0.15) is 4.31 Å². The first-order valence-electron chi connectivity index (χ1n) is 9.38.